The summed E-state index contributed by atoms with van der Waals surface area (Å²) >= 11 is 0. The Morgan fingerprint density at radius 2 is 2.00 bits per heavy atom. The fraction of sp³-hybridized carbons (Fsp3) is 0.385. The van der Waals surface area contributed by atoms with Crippen molar-refractivity contribution >= 4 is 17.5 Å². The van der Waals surface area contributed by atoms with E-state index in [0.29, 0.717) is 12.2 Å². The molecule has 5 nitrogen and oxygen atoms in total. The Kier molecular flexibility index (Phi) is 4.44. The summed E-state index contributed by atoms with van der Waals surface area (Å²) < 4.78 is 0. The lowest BCUT2D eigenvalue weighted by Crippen LogP contribution is -2.48. The number of nitrogens with one attached hydrogen (secondary N) is 2. The van der Waals surface area contributed by atoms with Crippen LogP contribution < -0.4 is 16.4 Å². The maximum atomic E-state index is 11.6. The molecule has 0 aliphatic rings. The molecular weight excluding hydrogens is 230 g/mol. The Hall–Kier alpha value is -1.88. The molecule has 2 amide bonds. The van der Waals surface area contributed by atoms with E-state index < -0.39 is 5.54 Å². The van der Waals surface area contributed by atoms with Crippen LogP contribution in [0.1, 0.15) is 26.3 Å². The van der Waals surface area contributed by atoms with Crippen molar-refractivity contribution in [1.82, 2.24) is 5.32 Å². The Morgan fingerprint density at radius 3 is 2.56 bits per heavy atom. The van der Waals surface area contributed by atoms with E-state index in [1.165, 1.54) is 6.92 Å². The van der Waals surface area contributed by atoms with E-state index in [0.717, 1.165) is 5.56 Å². The van der Waals surface area contributed by atoms with Gasteiger partial charge in [0.2, 0.25) is 11.8 Å². The van der Waals surface area contributed by atoms with Gasteiger partial charge in [0.15, 0.2) is 0 Å². The average Bonchev–Trinajstić information content (AvgIpc) is 2.24. The maximum Gasteiger partial charge on any atom is 0.239 e. The van der Waals surface area contributed by atoms with Crippen LogP contribution in [0.4, 0.5) is 5.69 Å². The minimum Gasteiger partial charge on any atom is -0.350 e. The maximum absolute atomic E-state index is 11.6. The molecule has 0 saturated heterocycles. The molecule has 0 atom stereocenters. The molecular formula is C13H19N3O2. The number of carbonyl (C=O) groups excluding carboxylic acids is 2. The Morgan fingerprint density at radius 1 is 1.33 bits per heavy atom. The van der Waals surface area contributed by atoms with E-state index in [1.807, 2.05) is 18.2 Å². The van der Waals surface area contributed by atoms with E-state index in [9.17, 15) is 9.59 Å². The lowest BCUT2D eigenvalue weighted by molar-refractivity contribution is -0.125. The first-order chi connectivity index (χ1) is 8.29. The average molecular weight is 249 g/mol. The molecule has 0 spiro atoms. The van der Waals surface area contributed by atoms with Crippen LogP contribution in [0.25, 0.3) is 0 Å². The van der Waals surface area contributed by atoms with E-state index in [4.69, 9.17) is 5.73 Å². The van der Waals surface area contributed by atoms with Gasteiger partial charge < -0.3 is 16.4 Å². The van der Waals surface area contributed by atoms with E-state index in [-0.39, 0.29) is 11.8 Å². The van der Waals surface area contributed by atoms with Gasteiger partial charge in [-0.1, -0.05) is 12.1 Å². The van der Waals surface area contributed by atoms with Crippen LogP contribution in [-0.2, 0) is 16.1 Å². The molecule has 0 aliphatic heterocycles. The predicted octanol–water partition coefficient (Wildman–Crippen LogP) is 0.998. The minimum absolute atomic E-state index is 0.126. The van der Waals surface area contributed by atoms with Gasteiger partial charge in [0.05, 0.1) is 5.54 Å². The van der Waals surface area contributed by atoms with Crippen molar-refractivity contribution in [3.05, 3.63) is 29.8 Å². The second kappa shape index (κ2) is 5.64. The smallest absolute Gasteiger partial charge is 0.239 e. The van der Waals surface area contributed by atoms with Gasteiger partial charge in [-0.25, -0.2) is 0 Å². The van der Waals surface area contributed by atoms with Gasteiger partial charge in [0, 0.05) is 19.2 Å². The Labute approximate surface area is 107 Å². The van der Waals surface area contributed by atoms with Crippen LogP contribution >= 0.6 is 0 Å². The summed E-state index contributed by atoms with van der Waals surface area (Å²) in [6, 6.07) is 7.29. The van der Waals surface area contributed by atoms with Crippen LogP contribution in [0.2, 0.25) is 0 Å². The van der Waals surface area contributed by atoms with Crippen molar-refractivity contribution < 1.29 is 9.59 Å². The van der Waals surface area contributed by atoms with Gasteiger partial charge in [-0.3, -0.25) is 9.59 Å². The molecule has 4 N–H and O–H groups in total. The van der Waals surface area contributed by atoms with Crippen molar-refractivity contribution in [3.8, 4) is 0 Å². The lowest BCUT2D eigenvalue weighted by Gasteiger charge is -2.17. The zero-order chi connectivity index (χ0) is 13.8. The van der Waals surface area contributed by atoms with E-state index in [2.05, 4.69) is 10.6 Å². The number of hydrogen-bond acceptors (Lipinski definition) is 3. The van der Waals surface area contributed by atoms with Crippen molar-refractivity contribution in [3.63, 3.8) is 0 Å². The number of nitrogens with two attached hydrogens (primary N) is 1. The number of hydrogen-bond donors (Lipinski definition) is 3. The van der Waals surface area contributed by atoms with Crippen LogP contribution in [-0.4, -0.2) is 17.4 Å². The molecule has 0 aliphatic carbocycles. The molecule has 0 heterocycles. The summed E-state index contributed by atoms with van der Waals surface area (Å²) in [6.07, 6.45) is 0. The van der Waals surface area contributed by atoms with Gasteiger partial charge in [0.25, 0.3) is 0 Å². The summed E-state index contributed by atoms with van der Waals surface area (Å²) in [4.78, 5) is 22.5. The second-order valence-corrected chi connectivity index (χ2v) is 4.79. The van der Waals surface area contributed by atoms with Gasteiger partial charge in [0.1, 0.15) is 0 Å². The zero-order valence-electron chi connectivity index (χ0n) is 10.9. The zero-order valence-corrected chi connectivity index (χ0v) is 10.9. The number of amides is 2. The summed E-state index contributed by atoms with van der Waals surface area (Å²) in [5.74, 6) is -0.341. The monoisotopic (exact) mass is 249 g/mol. The SMILES string of the molecule is CC(=O)Nc1cccc(CNC(=O)C(C)(C)N)c1. The molecule has 1 aromatic rings. The molecule has 0 unspecified atom stereocenters. The molecule has 0 aromatic heterocycles. The highest BCUT2D eigenvalue weighted by atomic mass is 16.2. The van der Waals surface area contributed by atoms with Crippen LogP contribution in [0, 0.1) is 0 Å². The predicted molar refractivity (Wildman–Crippen MR) is 70.9 cm³/mol. The van der Waals surface area contributed by atoms with E-state index >= 15 is 0 Å². The van der Waals surface area contributed by atoms with Crippen LogP contribution in [0.3, 0.4) is 0 Å². The Balaban J connectivity index is 2.63. The number of rotatable bonds is 4. The normalized spacial score (nSPS) is 10.9. The first-order valence-electron chi connectivity index (χ1n) is 5.73. The largest absolute Gasteiger partial charge is 0.350 e. The molecule has 18 heavy (non-hydrogen) atoms. The fourth-order valence-corrected chi connectivity index (χ4v) is 1.37. The first-order valence-corrected chi connectivity index (χ1v) is 5.73. The standard InChI is InChI=1S/C13H19N3O2/c1-9(17)16-11-6-4-5-10(7-11)8-15-12(18)13(2,3)14/h4-7H,8,14H2,1-3H3,(H,15,18)(H,16,17). The lowest BCUT2D eigenvalue weighted by atomic mass is 10.1. The molecule has 0 fully saturated rings. The van der Waals surface area contributed by atoms with Crippen molar-refractivity contribution in [1.29, 1.82) is 0 Å². The summed E-state index contributed by atoms with van der Waals surface area (Å²) in [7, 11) is 0. The molecule has 0 saturated carbocycles. The highest BCUT2D eigenvalue weighted by molar-refractivity contribution is 5.88. The third-order valence-electron chi connectivity index (χ3n) is 2.29. The third kappa shape index (κ3) is 4.55. The number of carbonyl (C=O) groups is 2. The minimum atomic E-state index is -0.894. The summed E-state index contributed by atoms with van der Waals surface area (Å²) in [5, 5.41) is 5.43. The van der Waals surface area contributed by atoms with Crippen LogP contribution in [0.15, 0.2) is 24.3 Å². The number of anilines is 1. The molecule has 0 bridgehead atoms. The molecule has 5 heteroatoms. The molecule has 0 radical (unpaired) electrons. The summed E-state index contributed by atoms with van der Waals surface area (Å²) in [5.41, 5.74) is 6.39. The van der Waals surface area contributed by atoms with Gasteiger partial charge >= 0.3 is 0 Å². The summed E-state index contributed by atoms with van der Waals surface area (Å²) in [6.45, 7) is 5.13. The fourth-order valence-electron chi connectivity index (χ4n) is 1.37. The van der Waals surface area contributed by atoms with Gasteiger partial charge in [-0.2, -0.15) is 0 Å². The van der Waals surface area contributed by atoms with Crippen LogP contribution in [0.5, 0.6) is 0 Å². The molecule has 98 valence electrons. The van der Waals surface area contributed by atoms with E-state index in [1.54, 1.807) is 19.9 Å². The second-order valence-electron chi connectivity index (χ2n) is 4.79. The first kappa shape index (κ1) is 14.2. The topological polar surface area (TPSA) is 84.2 Å². The Bertz CT molecular complexity index is 450. The van der Waals surface area contributed by atoms with Gasteiger partial charge in [-0.15, -0.1) is 0 Å². The third-order valence-corrected chi connectivity index (χ3v) is 2.29. The molecule has 1 aromatic carbocycles. The quantitative estimate of drug-likeness (QED) is 0.744. The van der Waals surface area contributed by atoms with Crippen molar-refractivity contribution in [2.45, 2.75) is 32.9 Å². The molecule has 1 rings (SSSR count). The highest BCUT2D eigenvalue weighted by Gasteiger charge is 2.20. The van der Waals surface area contributed by atoms with Crippen molar-refractivity contribution in [2.24, 2.45) is 5.73 Å². The van der Waals surface area contributed by atoms with Crippen molar-refractivity contribution in [2.75, 3.05) is 5.32 Å². The van der Waals surface area contributed by atoms with Gasteiger partial charge in [-0.05, 0) is 31.5 Å². The highest BCUT2D eigenvalue weighted by Crippen LogP contribution is 2.10. The number of benzene rings is 1.